The monoisotopic (exact) mass is 828 g/mol. The second-order valence-electron chi connectivity index (χ2n) is 12.1. The van der Waals surface area contributed by atoms with Crippen LogP contribution in [0.5, 0.6) is 0 Å². The average molecular weight is 828 g/mol. The van der Waals surface area contributed by atoms with Gasteiger partial charge < -0.3 is 64.7 Å². The van der Waals surface area contributed by atoms with Crippen LogP contribution >= 0.6 is 23.5 Å². The minimum Gasteiger partial charge on any atom is -0.756 e. The number of nitrogens with zero attached hydrogens (tertiary/aromatic N) is 6. The molecule has 9 N–H and O–H groups in total. The largest absolute Gasteiger partial charge is 0.756 e. The molecule has 6 heterocycles. The van der Waals surface area contributed by atoms with Gasteiger partial charge in [-0.15, -0.1) is 0 Å². The molecule has 54 heavy (non-hydrogen) atoms. The van der Waals surface area contributed by atoms with Gasteiger partial charge in [0.05, 0.1) is 26.6 Å². The molecule has 2 aliphatic rings. The first-order chi connectivity index (χ1) is 25.0. The molecule has 2 saturated heterocycles. The smallest absolute Gasteiger partial charge is 0.313 e. The summed E-state index contributed by atoms with van der Waals surface area (Å²) >= 11 is 0. The number of nitrogen functional groups attached to an aromatic ring is 2. The number of phosphoric ester groups is 2. The third-order valence-electron chi connectivity index (χ3n) is 8.30. The van der Waals surface area contributed by atoms with E-state index in [0.717, 1.165) is 22.4 Å². The van der Waals surface area contributed by atoms with E-state index in [9.17, 15) is 53.3 Å². The topological polar surface area (TPSA) is 416 Å². The number of anilines is 2. The number of aromatic nitrogens is 8. The van der Waals surface area contributed by atoms with E-state index in [2.05, 4.69) is 42.6 Å². The molecule has 0 saturated carbocycles. The maximum Gasteiger partial charge on any atom is 0.313 e. The molecule has 0 spiro atoms. The Bertz CT molecular complexity index is 2350. The SMILES string of the molecule is CO[C@@H]1[C@H](O)[C@@H](COP(=O)([O-])OP(=O)([O-])OP(=O)([O-])OCC2O[C@@H]([n+]3cn(C)c4c(=O)[nH]c(N)nc43)[C@](C)(O)[C@@H]2O)O[C@H]1n1cnc2c(=O)[nH]c(N)nc21. The van der Waals surface area contributed by atoms with Crippen molar-refractivity contribution < 1.29 is 80.1 Å². The van der Waals surface area contributed by atoms with Crippen molar-refractivity contribution in [1.82, 2.24) is 34.1 Å². The van der Waals surface area contributed by atoms with Crippen molar-refractivity contribution in [2.45, 2.75) is 55.5 Å². The zero-order chi connectivity index (χ0) is 39.7. The third kappa shape index (κ3) is 7.65. The number of ether oxygens (including phenoxy) is 3. The fourth-order valence-corrected chi connectivity index (χ4v) is 9.30. The van der Waals surface area contributed by atoms with Gasteiger partial charge in [-0.2, -0.15) is 4.98 Å². The van der Waals surface area contributed by atoms with Crippen LogP contribution in [0.15, 0.2) is 22.2 Å². The lowest BCUT2D eigenvalue weighted by Crippen LogP contribution is -2.53. The van der Waals surface area contributed by atoms with E-state index in [-0.39, 0.29) is 34.2 Å². The highest BCUT2D eigenvalue weighted by atomic mass is 31.3. The third-order valence-corrected chi connectivity index (χ3v) is 12.4. The van der Waals surface area contributed by atoms with Crippen molar-refractivity contribution in [3.63, 3.8) is 0 Å². The predicted octanol–water partition coefficient (Wildman–Crippen LogP) is -5.40. The van der Waals surface area contributed by atoms with E-state index in [4.69, 9.17) is 25.7 Å². The number of aromatic amines is 2. The summed E-state index contributed by atoms with van der Waals surface area (Å²) in [6, 6.07) is 0. The predicted molar refractivity (Wildman–Crippen MR) is 167 cm³/mol. The van der Waals surface area contributed by atoms with Gasteiger partial charge in [0.25, 0.3) is 40.5 Å². The highest BCUT2D eigenvalue weighted by Crippen LogP contribution is 2.63. The van der Waals surface area contributed by atoms with E-state index in [0.29, 0.717) is 0 Å². The Morgan fingerprint density at radius 3 is 2.20 bits per heavy atom. The van der Waals surface area contributed by atoms with Crippen LogP contribution in [0.3, 0.4) is 0 Å². The average Bonchev–Trinajstić information content (AvgIpc) is 3.75. The molecule has 2 aliphatic heterocycles. The number of nitrogens with two attached hydrogens (primary N) is 2. The van der Waals surface area contributed by atoms with Gasteiger partial charge >= 0.3 is 5.65 Å². The maximum absolute atomic E-state index is 12.4. The van der Waals surface area contributed by atoms with Crippen LogP contribution in [0.25, 0.3) is 22.3 Å². The second-order valence-corrected chi connectivity index (χ2v) is 16.6. The van der Waals surface area contributed by atoms with Gasteiger partial charge in [-0.25, -0.2) is 18.2 Å². The number of hydrogen-bond acceptors (Lipinski definition) is 23. The fraction of sp³-hybridized carbons (Fsp3) is 0.565. The summed E-state index contributed by atoms with van der Waals surface area (Å²) in [7, 11) is -15.8. The highest BCUT2D eigenvalue weighted by Gasteiger charge is 2.56. The molecule has 0 radical (unpaired) electrons. The minimum atomic E-state index is -6.37. The molecule has 2 fully saturated rings. The Labute approximate surface area is 299 Å². The standard InChI is InChI=1S/C23H33N10O18P3/c1-23(38)14(35)9(49-20(23)33-7-31(2)11-16(33)28-22(25)30-18(11)37)5-47-53(41,42)51-54(43,44)50-52(39,40)46-4-8-12(34)13(45-3)19(48-8)32-6-26-10-15(32)27-21(24)29-17(10)36/h6-9,12-14,19-20,34-35,38H,4-5H2,1-3H3,(H8-,24,25,27,28,29,30,36,37,39,40,41,42,43,44)/p-2/t8-,9?,12-,13-,14-,19-,20-,23-/m1/s1. The van der Waals surface area contributed by atoms with Crippen molar-refractivity contribution in [3.8, 4) is 0 Å². The lowest BCUT2D eigenvalue weighted by Gasteiger charge is -2.35. The Morgan fingerprint density at radius 2 is 1.57 bits per heavy atom. The number of H-pyrrole nitrogens is 2. The first-order valence-corrected chi connectivity index (χ1v) is 19.5. The molecule has 298 valence electrons. The molecular formula is C23H31N10O18P3-2. The van der Waals surface area contributed by atoms with Crippen LogP contribution in [0, 0.1) is 0 Å². The summed E-state index contributed by atoms with van der Waals surface area (Å²) < 4.78 is 74.0. The second kappa shape index (κ2) is 14.2. The fourth-order valence-electron chi connectivity index (χ4n) is 5.92. The van der Waals surface area contributed by atoms with Gasteiger partial charge in [0.1, 0.15) is 36.1 Å². The number of fused-ring (bicyclic) bond motifs is 2. The molecule has 0 aliphatic carbocycles. The quantitative estimate of drug-likeness (QED) is 0.0488. The van der Waals surface area contributed by atoms with Crippen LogP contribution < -0.4 is 41.8 Å². The summed E-state index contributed by atoms with van der Waals surface area (Å²) in [6.45, 7) is -1.21. The number of aliphatic hydroxyl groups excluding tert-OH is 2. The molecule has 4 aromatic rings. The lowest BCUT2D eigenvalue weighted by atomic mass is 9.96. The summed E-state index contributed by atoms with van der Waals surface area (Å²) in [5, 5.41) is 32.5. The summed E-state index contributed by atoms with van der Waals surface area (Å²) in [5.74, 6) is -0.581. The zero-order valence-corrected chi connectivity index (χ0v) is 30.4. The maximum atomic E-state index is 12.4. The Kier molecular flexibility index (Phi) is 10.6. The Morgan fingerprint density at radius 1 is 0.981 bits per heavy atom. The van der Waals surface area contributed by atoms with E-state index in [1.54, 1.807) is 0 Å². The van der Waals surface area contributed by atoms with Crippen LogP contribution in [0.4, 0.5) is 11.9 Å². The molecule has 31 heteroatoms. The number of methoxy groups -OCH3 is 1. The van der Waals surface area contributed by atoms with Gasteiger partial charge in [-0.3, -0.25) is 42.4 Å². The van der Waals surface area contributed by atoms with Gasteiger partial charge in [-0.05, 0) is 6.92 Å². The van der Waals surface area contributed by atoms with Crippen molar-refractivity contribution in [1.29, 1.82) is 0 Å². The molecule has 0 amide bonds. The number of aliphatic hydroxyl groups is 3. The van der Waals surface area contributed by atoms with Crippen molar-refractivity contribution >= 4 is 57.7 Å². The zero-order valence-electron chi connectivity index (χ0n) is 27.8. The van der Waals surface area contributed by atoms with Gasteiger partial charge in [0.2, 0.25) is 17.7 Å². The number of aryl methyl sites for hydroxylation is 1. The first-order valence-electron chi connectivity index (χ1n) is 15.1. The number of phosphoric acid groups is 3. The van der Waals surface area contributed by atoms with E-state index in [1.165, 1.54) is 25.1 Å². The summed E-state index contributed by atoms with van der Waals surface area (Å²) in [5.41, 5.74) is 7.31. The normalized spacial score (nSPS) is 30.8. The number of rotatable bonds is 13. The number of imidazole rings is 2. The van der Waals surface area contributed by atoms with Crippen molar-refractivity contribution in [2.75, 3.05) is 31.8 Å². The van der Waals surface area contributed by atoms with Crippen molar-refractivity contribution in [2.24, 2.45) is 7.05 Å². The minimum absolute atomic E-state index is 0.0121. The highest BCUT2D eigenvalue weighted by molar-refractivity contribution is 7.65. The molecule has 0 bridgehead atoms. The van der Waals surface area contributed by atoms with E-state index in [1.807, 2.05) is 0 Å². The Balaban J connectivity index is 1.07. The first kappa shape index (κ1) is 40.1. The summed E-state index contributed by atoms with van der Waals surface area (Å²) in [4.78, 5) is 78.2. The van der Waals surface area contributed by atoms with Crippen molar-refractivity contribution in [3.05, 3.63) is 33.4 Å². The van der Waals surface area contributed by atoms with Gasteiger partial charge in [0.15, 0.2) is 23.7 Å². The number of nitrogens with one attached hydrogen (secondary N) is 2. The van der Waals surface area contributed by atoms with Crippen LogP contribution in [-0.4, -0.2) is 106 Å². The molecule has 0 aromatic carbocycles. The van der Waals surface area contributed by atoms with E-state index >= 15 is 0 Å². The Hall–Kier alpha value is -3.53. The molecule has 4 unspecified atom stereocenters. The van der Waals surface area contributed by atoms with Crippen LogP contribution in [-0.2, 0) is 52.6 Å². The molecule has 6 rings (SSSR count). The van der Waals surface area contributed by atoms with E-state index < -0.39 is 96.4 Å². The summed E-state index contributed by atoms with van der Waals surface area (Å²) in [6.07, 6.45) is -8.55. The molecule has 28 nitrogen and oxygen atoms in total. The van der Waals surface area contributed by atoms with Gasteiger partial charge in [0, 0.05) is 7.11 Å². The number of hydrogen-bond donors (Lipinski definition) is 7. The van der Waals surface area contributed by atoms with Crippen LogP contribution in [0.1, 0.15) is 19.4 Å². The molecular weight excluding hydrogens is 797 g/mol. The molecule has 4 aromatic heterocycles. The lowest BCUT2D eigenvalue weighted by molar-refractivity contribution is -0.752. The van der Waals surface area contributed by atoms with Gasteiger partial charge in [-0.1, -0.05) is 4.98 Å². The molecule has 11 atom stereocenters. The van der Waals surface area contributed by atoms with Crippen LogP contribution in [0.2, 0.25) is 0 Å².